The maximum absolute atomic E-state index is 6.11. The lowest BCUT2D eigenvalue weighted by molar-refractivity contribution is 0.851. The van der Waals surface area contributed by atoms with Gasteiger partial charge in [-0.15, -0.1) is 0 Å². The van der Waals surface area contributed by atoms with Gasteiger partial charge in [0.05, 0.1) is 16.7 Å². The van der Waals surface area contributed by atoms with E-state index in [2.05, 4.69) is 31.0 Å². The van der Waals surface area contributed by atoms with Crippen LogP contribution in [0.3, 0.4) is 0 Å². The molecule has 4 heteroatoms. The van der Waals surface area contributed by atoms with Gasteiger partial charge in [-0.2, -0.15) is 0 Å². The summed E-state index contributed by atoms with van der Waals surface area (Å²) in [5, 5.41) is 0.666. The number of anilines is 1. The number of fused-ring (bicyclic) bond motifs is 1. The van der Waals surface area contributed by atoms with Crippen molar-refractivity contribution in [2.24, 2.45) is 0 Å². The van der Waals surface area contributed by atoms with E-state index in [1.165, 1.54) is 5.56 Å². The fraction of sp³-hybridized carbons (Fsp3) is 0.188. The Morgan fingerprint density at radius 3 is 2.65 bits per heavy atom. The lowest BCUT2D eigenvalue weighted by Gasteiger charge is -2.15. The molecule has 3 rings (SSSR count). The average Bonchev–Trinajstić information content (AvgIpc) is 2.73. The molecule has 2 N–H and O–H groups in total. The monoisotopic (exact) mass is 285 g/mol. The lowest BCUT2D eigenvalue weighted by Crippen LogP contribution is -2.04. The molecule has 0 saturated heterocycles. The first-order valence-corrected chi connectivity index (χ1v) is 6.98. The summed E-state index contributed by atoms with van der Waals surface area (Å²) in [6, 6.07) is 13.9. The van der Waals surface area contributed by atoms with Crippen LogP contribution in [0, 0.1) is 0 Å². The zero-order chi connectivity index (χ0) is 14.3. The number of hydrogen-bond donors (Lipinski definition) is 1. The number of rotatable bonds is 2. The number of imidazole rings is 1. The molecule has 1 heterocycles. The fourth-order valence-electron chi connectivity index (χ4n) is 2.50. The predicted molar refractivity (Wildman–Crippen MR) is 84.6 cm³/mol. The van der Waals surface area contributed by atoms with Gasteiger partial charge in [0.25, 0.3) is 0 Å². The van der Waals surface area contributed by atoms with Crippen LogP contribution < -0.4 is 5.73 Å². The first kappa shape index (κ1) is 13.0. The quantitative estimate of drug-likeness (QED) is 0.759. The molecule has 0 atom stereocenters. The van der Waals surface area contributed by atoms with E-state index >= 15 is 0 Å². The van der Waals surface area contributed by atoms with Gasteiger partial charge in [0.15, 0.2) is 0 Å². The van der Waals surface area contributed by atoms with Crippen molar-refractivity contribution in [3.05, 3.63) is 53.1 Å². The van der Waals surface area contributed by atoms with Crippen LogP contribution in [0.15, 0.2) is 42.5 Å². The number of nitrogen functional groups attached to an aromatic ring is 1. The number of hydrogen-bond acceptors (Lipinski definition) is 2. The normalized spacial score (nSPS) is 11.4. The van der Waals surface area contributed by atoms with Crippen molar-refractivity contribution < 1.29 is 0 Å². The van der Waals surface area contributed by atoms with Crippen LogP contribution in [-0.4, -0.2) is 9.55 Å². The van der Waals surface area contributed by atoms with E-state index in [4.69, 9.17) is 17.3 Å². The molecule has 102 valence electrons. The highest BCUT2D eigenvalue weighted by Gasteiger charge is 2.14. The molecular formula is C16H16ClN3. The maximum Gasteiger partial charge on any atom is 0.205 e. The number of para-hydroxylation sites is 1. The first-order valence-electron chi connectivity index (χ1n) is 6.60. The minimum Gasteiger partial charge on any atom is -0.369 e. The standard InChI is InChI=1S/C16H16ClN3/c1-10(2)12-5-3-4-6-14(12)20-15-8-7-11(17)9-13(15)19-16(20)18/h3-10H,1-2H3,(H2,18,19). The second kappa shape index (κ2) is 4.84. The summed E-state index contributed by atoms with van der Waals surface area (Å²) < 4.78 is 1.99. The molecule has 0 amide bonds. The van der Waals surface area contributed by atoms with Crippen LogP contribution in [0.25, 0.3) is 16.7 Å². The van der Waals surface area contributed by atoms with Crippen molar-refractivity contribution in [1.29, 1.82) is 0 Å². The van der Waals surface area contributed by atoms with Gasteiger partial charge in [0, 0.05) is 5.02 Å². The van der Waals surface area contributed by atoms with Crippen molar-refractivity contribution in [1.82, 2.24) is 9.55 Å². The summed E-state index contributed by atoms with van der Waals surface area (Å²) in [5.74, 6) is 0.894. The topological polar surface area (TPSA) is 43.8 Å². The third-order valence-electron chi connectivity index (χ3n) is 3.44. The minimum absolute atomic E-state index is 0.412. The Kier molecular flexibility index (Phi) is 3.14. The Hall–Kier alpha value is -2.00. The molecule has 20 heavy (non-hydrogen) atoms. The van der Waals surface area contributed by atoms with Gasteiger partial charge < -0.3 is 5.73 Å². The second-order valence-electron chi connectivity index (χ2n) is 5.15. The molecule has 2 aromatic carbocycles. The molecule has 0 unspecified atom stereocenters. The van der Waals surface area contributed by atoms with Crippen LogP contribution in [-0.2, 0) is 0 Å². The molecule has 0 radical (unpaired) electrons. The summed E-state index contributed by atoms with van der Waals surface area (Å²) in [7, 11) is 0. The van der Waals surface area contributed by atoms with E-state index in [9.17, 15) is 0 Å². The van der Waals surface area contributed by atoms with E-state index in [-0.39, 0.29) is 0 Å². The number of aromatic nitrogens is 2. The third kappa shape index (κ3) is 2.04. The van der Waals surface area contributed by atoms with Crippen molar-refractivity contribution in [3.8, 4) is 5.69 Å². The summed E-state index contributed by atoms with van der Waals surface area (Å²) in [6.07, 6.45) is 0. The van der Waals surface area contributed by atoms with Gasteiger partial charge >= 0.3 is 0 Å². The molecular weight excluding hydrogens is 270 g/mol. The molecule has 3 nitrogen and oxygen atoms in total. The van der Waals surface area contributed by atoms with Crippen LogP contribution >= 0.6 is 11.6 Å². The van der Waals surface area contributed by atoms with Crippen molar-refractivity contribution in [2.45, 2.75) is 19.8 Å². The Labute approximate surface area is 123 Å². The SMILES string of the molecule is CC(C)c1ccccc1-n1c(N)nc2cc(Cl)ccc21. The number of nitrogens with zero attached hydrogens (tertiary/aromatic N) is 2. The lowest BCUT2D eigenvalue weighted by atomic mass is 10.0. The fourth-order valence-corrected chi connectivity index (χ4v) is 2.67. The van der Waals surface area contributed by atoms with Crippen molar-refractivity contribution in [3.63, 3.8) is 0 Å². The number of halogens is 1. The Morgan fingerprint density at radius 2 is 1.90 bits per heavy atom. The van der Waals surface area contributed by atoms with Crippen molar-refractivity contribution >= 4 is 28.6 Å². The largest absolute Gasteiger partial charge is 0.369 e. The third-order valence-corrected chi connectivity index (χ3v) is 3.68. The van der Waals surface area contributed by atoms with Crippen molar-refractivity contribution in [2.75, 3.05) is 5.73 Å². The molecule has 0 bridgehead atoms. The first-order chi connectivity index (χ1) is 9.58. The highest BCUT2D eigenvalue weighted by atomic mass is 35.5. The minimum atomic E-state index is 0.412. The second-order valence-corrected chi connectivity index (χ2v) is 5.59. The molecule has 1 aromatic heterocycles. The van der Waals surface area contributed by atoms with Gasteiger partial charge in [0.2, 0.25) is 5.95 Å². The van der Waals surface area contributed by atoms with Gasteiger partial charge in [-0.05, 0) is 35.7 Å². The van der Waals surface area contributed by atoms with Crippen LogP contribution in [0.5, 0.6) is 0 Å². The summed E-state index contributed by atoms with van der Waals surface area (Å²) in [5.41, 5.74) is 10.2. The molecule has 0 saturated carbocycles. The number of benzene rings is 2. The molecule has 0 fully saturated rings. The zero-order valence-electron chi connectivity index (χ0n) is 11.5. The smallest absolute Gasteiger partial charge is 0.205 e. The van der Waals surface area contributed by atoms with E-state index in [0.717, 1.165) is 16.7 Å². The molecule has 0 aliphatic rings. The molecule has 0 aliphatic heterocycles. The highest BCUT2D eigenvalue weighted by Crippen LogP contribution is 2.30. The van der Waals surface area contributed by atoms with E-state index in [1.54, 1.807) is 0 Å². The van der Waals surface area contributed by atoms with Crippen LogP contribution in [0.1, 0.15) is 25.3 Å². The Bertz CT molecular complexity index is 774. The van der Waals surface area contributed by atoms with E-state index in [0.29, 0.717) is 16.9 Å². The van der Waals surface area contributed by atoms with E-state index in [1.807, 2.05) is 34.9 Å². The highest BCUT2D eigenvalue weighted by molar-refractivity contribution is 6.31. The molecule has 0 aliphatic carbocycles. The molecule has 3 aromatic rings. The predicted octanol–water partition coefficient (Wildman–Crippen LogP) is 4.38. The maximum atomic E-state index is 6.11. The van der Waals surface area contributed by atoms with Gasteiger partial charge in [-0.25, -0.2) is 4.98 Å². The Morgan fingerprint density at radius 1 is 1.15 bits per heavy atom. The zero-order valence-corrected chi connectivity index (χ0v) is 12.2. The van der Waals surface area contributed by atoms with Gasteiger partial charge in [-0.3, -0.25) is 4.57 Å². The number of nitrogens with two attached hydrogens (primary N) is 1. The van der Waals surface area contributed by atoms with Crippen LogP contribution in [0.4, 0.5) is 5.95 Å². The van der Waals surface area contributed by atoms with Gasteiger partial charge in [-0.1, -0.05) is 43.6 Å². The van der Waals surface area contributed by atoms with Gasteiger partial charge in [0.1, 0.15) is 0 Å². The molecule has 0 spiro atoms. The summed E-state index contributed by atoms with van der Waals surface area (Å²) in [6.45, 7) is 4.34. The van der Waals surface area contributed by atoms with E-state index < -0.39 is 0 Å². The summed E-state index contributed by atoms with van der Waals surface area (Å²) in [4.78, 5) is 4.41. The Balaban J connectivity index is 2.33. The summed E-state index contributed by atoms with van der Waals surface area (Å²) >= 11 is 6.02. The van der Waals surface area contributed by atoms with Crippen LogP contribution in [0.2, 0.25) is 5.02 Å². The average molecular weight is 286 g/mol.